The Labute approximate surface area is 218 Å². The number of aromatic nitrogens is 2. The molecule has 5 atom stereocenters. The summed E-state index contributed by atoms with van der Waals surface area (Å²) in [5, 5.41) is 0.391. The molecule has 1 saturated carbocycles. The number of hydrogen-bond acceptors (Lipinski definition) is 7. The highest BCUT2D eigenvalue weighted by atomic mass is 32.1. The minimum atomic E-state index is -0.332. The first-order chi connectivity index (χ1) is 17.5. The van der Waals surface area contributed by atoms with E-state index in [1.165, 1.54) is 25.7 Å². The molecule has 2 aliphatic rings. The van der Waals surface area contributed by atoms with Gasteiger partial charge in [0.1, 0.15) is 24.6 Å². The first-order valence-corrected chi connectivity index (χ1v) is 13.6. The number of unbranched alkanes of at least 4 members (excludes halogenated alkanes) is 4. The number of hydrogen-bond donors (Lipinski definition) is 0. The fourth-order valence-corrected chi connectivity index (χ4v) is 5.70. The fraction of sp³-hybridized carbons (Fsp3) is 0.571. The van der Waals surface area contributed by atoms with Crippen LogP contribution >= 0.6 is 12.2 Å². The standard InChI is InChI=1S/C28H36N2O5S/c1-2-3-4-5-9-12-21(33-28(36)30-16-15-29-19-30)13-14-22-23-17-26(31)34-25(23)18-24(22)35-27(32)20-10-7-6-8-11-20/h6-8,10-11,15-16,19,21-25H,2-5,9,12-14,17-18H2,1H3. The maximum Gasteiger partial charge on any atom is 0.338 e. The minimum absolute atomic E-state index is 0.0436. The number of fused-ring (bicyclic) bond motifs is 1. The van der Waals surface area contributed by atoms with Crippen molar-refractivity contribution in [3.05, 3.63) is 54.6 Å². The van der Waals surface area contributed by atoms with Gasteiger partial charge in [0.25, 0.3) is 5.17 Å². The summed E-state index contributed by atoms with van der Waals surface area (Å²) in [4.78, 5) is 28.9. The fourth-order valence-electron chi connectivity index (χ4n) is 5.46. The molecule has 1 aromatic heterocycles. The zero-order valence-corrected chi connectivity index (χ0v) is 21.7. The van der Waals surface area contributed by atoms with Crippen LogP contribution in [0, 0.1) is 11.8 Å². The van der Waals surface area contributed by atoms with Gasteiger partial charge in [-0.05, 0) is 50.0 Å². The number of thiocarbonyl (C=S) groups is 1. The van der Waals surface area contributed by atoms with E-state index in [0.717, 1.165) is 25.7 Å². The number of carbonyl (C=O) groups excluding carboxylic acids is 2. The van der Waals surface area contributed by atoms with Crippen LogP contribution in [-0.2, 0) is 19.0 Å². The molecule has 0 bridgehead atoms. The van der Waals surface area contributed by atoms with Crippen molar-refractivity contribution in [3.8, 4) is 0 Å². The summed E-state index contributed by atoms with van der Waals surface area (Å²) >= 11 is 5.51. The molecule has 1 aliphatic carbocycles. The van der Waals surface area contributed by atoms with E-state index in [1.807, 2.05) is 18.2 Å². The Kier molecular flexibility index (Phi) is 9.50. The lowest BCUT2D eigenvalue weighted by Crippen LogP contribution is -2.28. The molecule has 7 nitrogen and oxygen atoms in total. The first-order valence-electron chi connectivity index (χ1n) is 13.2. The monoisotopic (exact) mass is 512 g/mol. The molecule has 194 valence electrons. The van der Waals surface area contributed by atoms with Gasteiger partial charge in [-0.25, -0.2) is 9.78 Å². The molecule has 0 spiro atoms. The number of esters is 2. The largest absolute Gasteiger partial charge is 0.467 e. The van der Waals surface area contributed by atoms with Crippen molar-refractivity contribution in [1.29, 1.82) is 0 Å². The van der Waals surface area contributed by atoms with Gasteiger partial charge in [0.2, 0.25) is 0 Å². The molecule has 8 heteroatoms. The Morgan fingerprint density at radius 2 is 2.00 bits per heavy atom. The van der Waals surface area contributed by atoms with Crippen LogP contribution in [0.3, 0.4) is 0 Å². The molecule has 2 aromatic rings. The van der Waals surface area contributed by atoms with Crippen LogP contribution in [0.2, 0.25) is 0 Å². The second kappa shape index (κ2) is 13.0. The van der Waals surface area contributed by atoms with E-state index in [2.05, 4.69) is 11.9 Å². The summed E-state index contributed by atoms with van der Waals surface area (Å²) in [6, 6.07) is 9.03. The third-order valence-electron chi connectivity index (χ3n) is 7.36. The Bertz CT molecular complexity index is 997. The normalized spacial score (nSPS) is 23.6. The number of carbonyl (C=O) groups is 2. The molecule has 1 aliphatic heterocycles. The second-order valence-corrected chi connectivity index (χ2v) is 10.2. The summed E-state index contributed by atoms with van der Waals surface area (Å²) in [6.45, 7) is 2.21. The van der Waals surface area contributed by atoms with E-state index in [0.29, 0.717) is 23.6 Å². The molecule has 0 N–H and O–H groups in total. The minimum Gasteiger partial charge on any atom is -0.467 e. The van der Waals surface area contributed by atoms with Gasteiger partial charge in [0.05, 0.1) is 12.0 Å². The highest BCUT2D eigenvalue weighted by molar-refractivity contribution is 7.80. The van der Waals surface area contributed by atoms with Crippen LogP contribution < -0.4 is 0 Å². The number of imidazole rings is 1. The zero-order chi connectivity index (χ0) is 25.3. The van der Waals surface area contributed by atoms with Gasteiger partial charge in [-0.1, -0.05) is 50.8 Å². The van der Waals surface area contributed by atoms with Gasteiger partial charge in [-0.15, -0.1) is 0 Å². The highest BCUT2D eigenvalue weighted by Crippen LogP contribution is 2.45. The van der Waals surface area contributed by atoms with E-state index in [9.17, 15) is 9.59 Å². The lowest BCUT2D eigenvalue weighted by molar-refractivity contribution is -0.141. The van der Waals surface area contributed by atoms with Gasteiger partial charge in [0.15, 0.2) is 0 Å². The quantitative estimate of drug-likeness (QED) is 0.204. The average Bonchev–Trinajstić information content (AvgIpc) is 3.60. The lowest BCUT2D eigenvalue weighted by Gasteiger charge is -2.26. The van der Waals surface area contributed by atoms with Gasteiger partial charge in [0, 0.05) is 30.7 Å². The van der Waals surface area contributed by atoms with Gasteiger partial charge in [-0.3, -0.25) is 9.36 Å². The maximum atomic E-state index is 12.8. The van der Waals surface area contributed by atoms with Crippen LogP contribution in [0.25, 0.3) is 0 Å². The van der Waals surface area contributed by atoms with Crippen molar-refractivity contribution in [2.75, 3.05) is 0 Å². The summed E-state index contributed by atoms with van der Waals surface area (Å²) in [5.41, 5.74) is 0.532. The molecule has 4 rings (SSSR count). The third kappa shape index (κ3) is 6.93. The summed E-state index contributed by atoms with van der Waals surface area (Å²) in [7, 11) is 0. The van der Waals surface area contributed by atoms with Crippen LogP contribution in [0.4, 0.5) is 0 Å². The molecule has 5 unspecified atom stereocenters. The van der Waals surface area contributed by atoms with Crippen molar-refractivity contribution >= 4 is 29.3 Å². The predicted molar refractivity (Wildman–Crippen MR) is 139 cm³/mol. The maximum absolute atomic E-state index is 12.8. The number of nitrogens with zero attached hydrogens (tertiary/aromatic N) is 2. The topological polar surface area (TPSA) is 79.6 Å². The molecule has 1 saturated heterocycles. The summed E-state index contributed by atoms with van der Waals surface area (Å²) < 4.78 is 19.5. The van der Waals surface area contributed by atoms with Crippen molar-refractivity contribution in [2.45, 2.75) is 89.4 Å². The van der Waals surface area contributed by atoms with Crippen molar-refractivity contribution in [1.82, 2.24) is 9.55 Å². The van der Waals surface area contributed by atoms with Crippen LogP contribution in [0.1, 0.15) is 81.5 Å². The van der Waals surface area contributed by atoms with E-state index in [-0.39, 0.29) is 42.1 Å². The average molecular weight is 513 g/mol. The summed E-state index contributed by atoms with van der Waals surface area (Å²) in [5.74, 6) is -0.381. The van der Waals surface area contributed by atoms with E-state index < -0.39 is 0 Å². The number of benzene rings is 1. The molecule has 0 radical (unpaired) electrons. The van der Waals surface area contributed by atoms with Gasteiger partial charge in [-0.2, -0.15) is 0 Å². The van der Waals surface area contributed by atoms with E-state index in [4.69, 9.17) is 26.4 Å². The Hall–Kier alpha value is -2.74. The van der Waals surface area contributed by atoms with Crippen LogP contribution in [-0.4, -0.2) is 45.0 Å². The Morgan fingerprint density at radius 3 is 2.75 bits per heavy atom. The SMILES string of the molecule is CCCCCCCC(CCC1C(OC(=O)c2ccccc2)CC2OC(=O)CC21)OC(=S)n1ccnc1. The second-order valence-electron chi connectivity index (χ2n) is 9.86. The molecule has 0 amide bonds. The zero-order valence-electron chi connectivity index (χ0n) is 20.9. The molecule has 36 heavy (non-hydrogen) atoms. The summed E-state index contributed by atoms with van der Waals surface area (Å²) in [6.07, 6.45) is 13.9. The Morgan fingerprint density at radius 1 is 1.19 bits per heavy atom. The third-order valence-corrected chi connectivity index (χ3v) is 7.66. The molecule has 1 aromatic carbocycles. The molecular weight excluding hydrogens is 476 g/mol. The van der Waals surface area contributed by atoms with Crippen LogP contribution in [0.15, 0.2) is 49.1 Å². The van der Waals surface area contributed by atoms with Crippen molar-refractivity contribution < 1.29 is 23.8 Å². The van der Waals surface area contributed by atoms with Gasteiger partial charge >= 0.3 is 11.9 Å². The Balaban J connectivity index is 1.40. The van der Waals surface area contributed by atoms with Crippen LogP contribution in [0.5, 0.6) is 0 Å². The lowest BCUT2D eigenvalue weighted by atomic mass is 9.86. The van der Waals surface area contributed by atoms with Crippen molar-refractivity contribution in [2.24, 2.45) is 11.8 Å². The molecular formula is C28H36N2O5S. The highest BCUT2D eigenvalue weighted by Gasteiger charge is 2.51. The van der Waals surface area contributed by atoms with E-state index in [1.54, 1.807) is 35.4 Å². The van der Waals surface area contributed by atoms with Crippen molar-refractivity contribution in [3.63, 3.8) is 0 Å². The van der Waals surface area contributed by atoms with Gasteiger partial charge < -0.3 is 14.2 Å². The first kappa shape index (κ1) is 26.3. The predicted octanol–water partition coefficient (Wildman–Crippen LogP) is 5.72. The molecule has 2 fully saturated rings. The van der Waals surface area contributed by atoms with E-state index >= 15 is 0 Å². The molecule has 2 heterocycles. The number of ether oxygens (including phenoxy) is 3. The smallest absolute Gasteiger partial charge is 0.338 e. The number of rotatable bonds is 12.